The maximum Gasteiger partial charge on any atom is 0.234 e. The van der Waals surface area contributed by atoms with Crippen molar-refractivity contribution in [3.8, 4) is 17.1 Å². The van der Waals surface area contributed by atoms with Crippen molar-refractivity contribution in [1.82, 2.24) is 14.9 Å². The lowest BCUT2D eigenvalue weighted by Gasteiger charge is -2.08. The van der Waals surface area contributed by atoms with Gasteiger partial charge in [-0.25, -0.2) is 4.68 Å². The van der Waals surface area contributed by atoms with E-state index >= 15 is 0 Å². The van der Waals surface area contributed by atoms with Crippen LogP contribution in [-0.2, 0) is 4.79 Å². The number of rotatable bonds is 6. The first-order valence-corrected chi connectivity index (χ1v) is 9.87. The molecule has 0 saturated heterocycles. The number of halogens is 2. The van der Waals surface area contributed by atoms with E-state index in [0.717, 1.165) is 10.0 Å². The topological polar surface area (TPSA) is 95.1 Å². The van der Waals surface area contributed by atoms with E-state index in [1.165, 1.54) is 23.5 Å². The Labute approximate surface area is 173 Å². The average molecular weight is 469 g/mol. The highest BCUT2D eigenvalue weighted by atomic mass is 79.9. The van der Waals surface area contributed by atoms with E-state index < -0.39 is 0 Å². The second kappa shape index (κ2) is 8.64. The van der Waals surface area contributed by atoms with Crippen LogP contribution in [0.4, 0.5) is 5.69 Å². The fourth-order valence-electron chi connectivity index (χ4n) is 2.27. The van der Waals surface area contributed by atoms with Crippen LogP contribution in [0.15, 0.2) is 52.1 Å². The molecule has 3 aromatic rings. The first kappa shape index (κ1) is 19.5. The lowest BCUT2D eigenvalue weighted by atomic mass is 10.2. The van der Waals surface area contributed by atoms with Crippen molar-refractivity contribution in [2.75, 3.05) is 24.0 Å². The zero-order valence-electron chi connectivity index (χ0n) is 14.1. The highest BCUT2D eigenvalue weighted by molar-refractivity contribution is 9.10. The predicted molar refractivity (Wildman–Crippen MR) is 111 cm³/mol. The number of thioether (sulfide) groups is 1. The Morgan fingerprint density at radius 3 is 2.85 bits per heavy atom. The van der Waals surface area contributed by atoms with Crippen LogP contribution >= 0.6 is 39.3 Å². The van der Waals surface area contributed by atoms with Gasteiger partial charge in [0.1, 0.15) is 5.75 Å². The molecule has 0 fully saturated rings. The van der Waals surface area contributed by atoms with Crippen molar-refractivity contribution in [1.29, 1.82) is 0 Å². The molecule has 2 aromatic carbocycles. The van der Waals surface area contributed by atoms with E-state index in [9.17, 15) is 4.79 Å². The standard InChI is InChI=1S/C17H15BrClN5O2S/c1-26-14-8-10(6-7-13(14)19)21-15(25)9-27-17-23-22-16(24(17)20)11-4-2-3-5-12(11)18/h2-8H,9,20H2,1H3,(H,21,25). The summed E-state index contributed by atoms with van der Waals surface area (Å²) in [5, 5.41) is 11.9. The van der Waals surface area contributed by atoms with Gasteiger partial charge in [-0.15, -0.1) is 10.2 Å². The molecule has 0 aliphatic carbocycles. The molecule has 1 aromatic heterocycles. The SMILES string of the molecule is COc1cc(NC(=O)CSc2nnc(-c3ccccc3Br)n2N)ccc1Cl. The first-order chi connectivity index (χ1) is 13.0. The third kappa shape index (κ3) is 4.55. The summed E-state index contributed by atoms with van der Waals surface area (Å²) in [5.74, 6) is 6.99. The Morgan fingerprint density at radius 1 is 1.33 bits per heavy atom. The lowest BCUT2D eigenvalue weighted by molar-refractivity contribution is -0.113. The number of hydrogen-bond acceptors (Lipinski definition) is 6. The molecule has 27 heavy (non-hydrogen) atoms. The Balaban J connectivity index is 1.65. The molecule has 3 N–H and O–H groups in total. The second-order valence-corrected chi connectivity index (χ2v) is 7.55. The van der Waals surface area contributed by atoms with Gasteiger partial charge in [0.05, 0.1) is 17.9 Å². The quantitative estimate of drug-likeness (QED) is 0.422. The molecule has 3 rings (SSSR count). The number of hydrogen-bond donors (Lipinski definition) is 2. The Hall–Kier alpha value is -2.23. The molecule has 0 radical (unpaired) electrons. The monoisotopic (exact) mass is 467 g/mol. The van der Waals surface area contributed by atoms with Gasteiger partial charge in [-0.3, -0.25) is 4.79 Å². The number of carbonyl (C=O) groups excluding carboxylic acids is 1. The predicted octanol–water partition coefficient (Wildman–Crippen LogP) is 3.81. The number of carbonyl (C=O) groups is 1. The van der Waals surface area contributed by atoms with Crippen molar-refractivity contribution in [2.24, 2.45) is 0 Å². The van der Waals surface area contributed by atoms with Gasteiger partial charge in [-0.1, -0.05) is 51.4 Å². The number of amides is 1. The number of anilines is 1. The van der Waals surface area contributed by atoms with E-state index in [2.05, 4.69) is 31.4 Å². The molecule has 0 spiro atoms. The van der Waals surface area contributed by atoms with Crippen molar-refractivity contribution < 1.29 is 9.53 Å². The highest BCUT2D eigenvalue weighted by Crippen LogP contribution is 2.29. The number of benzene rings is 2. The number of aromatic nitrogens is 3. The molecule has 0 saturated carbocycles. The molecular weight excluding hydrogens is 454 g/mol. The fourth-order valence-corrected chi connectivity index (χ4v) is 3.58. The summed E-state index contributed by atoms with van der Waals surface area (Å²) in [6.45, 7) is 0. The minimum atomic E-state index is -0.213. The zero-order valence-corrected chi connectivity index (χ0v) is 17.3. The van der Waals surface area contributed by atoms with Gasteiger partial charge in [0.25, 0.3) is 0 Å². The largest absolute Gasteiger partial charge is 0.495 e. The molecule has 1 heterocycles. The summed E-state index contributed by atoms with van der Waals surface area (Å²) in [6.07, 6.45) is 0. The highest BCUT2D eigenvalue weighted by Gasteiger charge is 2.15. The zero-order chi connectivity index (χ0) is 19.4. The van der Waals surface area contributed by atoms with Gasteiger partial charge in [0, 0.05) is 21.8 Å². The number of ether oxygens (including phenoxy) is 1. The molecule has 0 atom stereocenters. The van der Waals surface area contributed by atoms with E-state index in [1.807, 2.05) is 24.3 Å². The summed E-state index contributed by atoms with van der Waals surface area (Å²) in [7, 11) is 1.51. The van der Waals surface area contributed by atoms with Crippen LogP contribution in [0.3, 0.4) is 0 Å². The van der Waals surface area contributed by atoms with E-state index in [0.29, 0.717) is 27.4 Å². The van der Waals surface area contributed by atoms with Crippen LogP contribution in [0.25, 0.3) is 11.4 Å². The van der Waals surface area contributed by atoms with Gasteiger partial charge in [-0.2, -0.15) is 0 Å². The summed E-state index contributed by atoms with van der Waals surface area (Å²) in [4.78, 5) is 12.2. The molecule has 0 unspecified atom stereocenters. The summed E-state index contributed by atoms with van der Waals surface area (Å²) in [5.41, 5.74) is 1.40. The van der Waals surface area contributed by atoms with E-state index in [-0.39, 0.29) is 11.7 Å². The third-order valence-electron chi connectivity index (χ3n) is 3.55. The summed E-state index contributed by atoms with van der Waals surface area (Å²) < 4.78 is 7.36. The minimum absolute atomic E-state index is 0.121. The molecular formula is C17H15BrClN5O2S. The maximum absolute atomic E-state index is 12.2. The molecule has 10 heteroatoms. The second-order valence-electron chi connectivity index (χ2n) is 5.34. The third-order valence-corrected chi connectivity index (χ3v) is 5.49. The molecule has 1 amide bonds. The van der Waals surface area contributed by atoms with Crippen LogP contribution < -0.4 is 15.9 Å². The van der Waals surface area contributed by atoms with Crippen LogP contribution in [-0.4, -0.2) is 33.6 Å². The van der Waals surface area contributed by atoms with Crippen molar-refractivity contribution in [3.05, 3.63) is 52.0 Å². The van der Waals surface area contributed by atoms with Crippen molar-refractivity contribution in [3.63, 3.8) is 0 Å². The van der Waals surface area contributed by atoms with Crippen LogP contribution in [0.2, 0.25) is 5.02 Å². The van der Waals surface area contributed by atoms with Gasteiger partial charge < -0.3 is 15.9 Å². The average Bonchev–Trinajstić information content (AvgIpc) is 3.02. The van der Waals surface area contributed by atoms with E-state index in [4.69, 9.17) is 22.2 Å². The molecule has 0 aliphatic heterocycles. The smallest absolute Gasteiger partial charge is 0.234 e. The van der Waals surface area contributed by atoms with Crippen LogP contribution in [0.1, 0.15) is 0 Å². The van der Waals surface area contributed by atoms with Crippen LogP contribution in [0.5, 0.6) is 5.75 Å². The minimum Gasteiger partial charge on any atom is -0.495 e. The van der Waals surface area contributed by atoms with Gasteiger partial charge in [0.15, 0.2) is 5.82 Å². The fraction of sp³-hybridized carbons (Fsp3) is 0.118. The Morgan fingerprint density at radius 2 is 2.11 bits per heavy atom. The Bertz CT molecular complexity index is 982. The summed E-state index contributed by atoms with van der Waals surface area (Å²) in [6, 6.07) is 12.6. The molecule has 7 nitrogen and oxygen atoms in total. The number of nitrogens with two attached hydrogens (primary N) is 1. The molecule has 0 aliphatic rings. The Kier molecular flexibility index (Phi) is 6.25. The maximum atomic E-state index is 12.2. The lowest BCUT2D eigenvalue weighted by Crippen LogP contribution is -2.16. The van der Waals surface area contributed by atoms with Crippen LogP contribution in [0, 0.1) is 0 Å². The van der Waals surface area contributed by atoms with E-state index in [1.54, 1.807) is 18.2 Å². The normalized spacial score (nSPS) is 10.6. The number of nitrogens with zero attached hydrogens (tertiary/aromatic N) is 3. The van der Waals surface area contributed by atoms with Gasteiger partial charge in [0.2, 0.25) is 11.1 Å². The van der Waals surface area contributed by atoms with Gasteiger partial charge in [-0.05, 0) is 24.3 Å². The number of methoxy groups -OCH3 is 1. The number of nitrogens with one attached hydrogen (secondary N) is 1. The molecule has 140 valence electrons. The van der Waals surface area contributed by atoms with Crippen molar-refractivity contribution >= 4 is 50.9 Å². The number of nitrogen functional groups attached to an aromatic ring is 1. The van der Waals surface area contributed by atoms with Crippen molar-refractivity contribution in [2.45, 2.75) is 5.16 Å². The molecule has 0 bridgehead atoms. The van der Waals surface area contributed by atoms with Gasteiger partial charge >= 0.3 is 0 Å². The first-order valence-electron chi connectivity index (χ1n) is 7.71. The summed E-state index contributed by atoms with van der Waals surface area (Å²) >= 11 is 10.6.